The number of benzene rings is 2. The number of para-hydroxylation sites is 1. The lowest BCUT2D eigenvalue weighted by molar-refractivity contribution is 0.0991. The average Bonchev–Trinajstić information content (AvgIpc) is 3.17. The summed E-state index contributed by atoms with van der Waals surface area (Å²) in [6.45, 7) is 2.12. The van der Waals surface area contributed by atoms with Crippen molar-refractivity contribution in [3.05, 3.63) is 89.9 Å². The van der Waals surface area contributed by atoms with Gasteiger partial charge in [0.1, 0.15) is 5.25 Å². The Morgan fingerprint density at radius 3 is 2.56 bits per heavy atom. The van der Waals surface area contributed by atoms with Gasteiger partial charge in [-0.15, -0.1) is 0 Å². The zero-order valence-corrected chi connectivity index (χ0v) is 15.7. The maximum absolute atomic E-state index is 13.5. The molecule has 0 spiro atoms. The van der Waals surface area contributed by atoms with Gasteiger partial charge in [-0.2, -0.15) is 0 Å². The number of hydrogen-bond acceptors (Lipinski definition) is 4. The number of carbonyl (C=O) groups is 1. The van der Waals surface area contributed by atoms with E-state index >= 15 is 0 Å². The molecular formula is C22H19N3OS. The van der Waals surface area contributed by atoms with Gasteiger partial charge in [-0.3, -0.25) is 4.79 Å². The molecule has 0 aliphatic rings. The highest BCUT2D eigenvalue weighted by molar-refractivity contribution is 8.00. The van der Waals surface area contributed by atoms with Gasteiger partial charge in [0.05, 0.1) is 0 Å². The fourth-order valence-corrected chi connectivity index (χ4v) is 4.19. The van der Waals surface area contributed by atoms with Gasteiger partial charge in [-0.1, -0.05) is 67.2 Å². The summed E-state index contributed by atoms with van der Waals surface area (Å²) < 4.78 is 0. The van der Waals surface area contributed by atoms with Gasteiger partial charge in [0, 0.05) is 35.1 Å². The lowest BCUT2D eigenvalue weighted by atomic mass is 10.0. The van der Waals surface area contributed by atoms with E-state index in [-0.39, 0.29) is 5.78 Å². The van der Waals surface area contributed by atoms with Gasteiger partial charge in [0.2, 0.25) is 0 Å². The van der Waals surface area contributed by atoms with Crippen LogP contribution in [0.25, 0.3) is 10.9 Å². The number of ketones is 1. The lowest BCUT2D eigenvalue weighted by Crippen LogP contribution is -2.10. The van der Waals surface area contributed by atoms with Gasteiger partial charge < -0.3 is 4.98 Å². The third-order valence-electron chi connectivity index (χ3n) is 4.55. The predicted octanol–water partition coefficient (Wildman–Crippen LogP) is 5.24. The summed E-state index contributed by atoms with van der Waals surface area (Å²) in [5.41, 5.74) is 3.90. The molecule has 0 saturated carbocycles. The Labute approximate surface area is 162 Å². The summed E-state index contributed by atoms with van der Waals surface area (Å²) in [6, 6.07) is 17.7. The fourth-order valence-electron chi connectivity index (χ4n) is 3.21. The van der Waals surface area contributed by atoms with Crippen molar-refractivity contribution < 1.29 is 4.79 Å². The molecule has 0 radical (unpaired) electrons. The summed E-state index contributed by atoms with van der Waals surface area (Å²) in [5, 5.41) is 1.15. The van der Waals surface area contributed by atoms with E-state index in [9.17, 15) is 4.79 Å². The zero-order chi connectivity index (χ0) is 18.6. The number of rotatable bonds is 6. The number of nitrogens with one attached hydrogen (secondary N) is 1. The zero-order valence-electron chi connectivity index (χ0n) is 14.9. The van der Waals surface area contributed by atoms with Crippen molar-refractivity contribution in [1.29, 1.82) is 0 Å². The number of Topliss-reactive ketones (excluding diaryl/α,β-unsaturated/α-hetero) is 1. The fraction of sp³-hybridized carbons (Fsp3) is 0.136. The number of aryl methyl sites for hydroxylation is 1. The second-order valence-electron chi connectivity index (χ2n) is 6.20. The number of hydrogen-bond donors (Lipinski definition) is 1. The van der Waals surface area contributed by atoms with Gasteiger partial charge in [-0.25, -0.2) is 9.97 Å². The van der Waals surface area contributed by atoms with Crippen LogP contribution in [0.15, 0.2) is 78.3 Å². The number of aromatic nitrogens is 3. The van der Waals surface area contributed by atoms with Crippen LogP contribution in [0.5, 0.6) is 0 Å². The molecule has 2 aromatic carbocycles. The quantitative estimate of drug-likeness (QED) is 0.285. The minimum atomic E-state index is -0.405. The van der Waals surface area contributed by atoms with Crippen molar-refractivity contribution in [2.24, 2.45) is 0 Å². The second-order valence-corrected chi connectivity index (χ2v) is 7.27. The number of nitrogens with zero attached hydrogens (tertiary/aromatic N) is 2. The summed E-state index contributed by atoms with van der Waals surface area (Å²) in [5.74, 6) is 0.0538. The van der Waals surface area contributed by atoms with Crippen LogP contribution in [0.1, 0.15) is 33.7 Å². The van der Waals surface area contributed by atoms with Crippen LogP contribution in [0.3, 0.4) is 0 Å². The van der Waals surface area contributed by atoms with Crippen LogP contribution in [0.4, 0.5) is 0 Å². The summed E-state index contributed by atoms with van der Waals surface area (Å²) in [7, 11) is 0. The van der Waals surface area contributed by atoms with Crippen LogP contribution in [-0.2, 0) is 6.42 Å². The van der Waals surface area contributed by atoms with Crippen molar-refractivity contribution in [2.75, 3.05) is 0 Å². The molecule has 0 amide bonds. The number of H-pyrrole nitrogens is 1. The Morgan fingerprint density at radius 2 is 1.81 bits per heavy atom. The second kappa shape index (κ2) is 7.76. The monoisotopic (exact) mass is 373 g/mol. The van der Waals surface area contributed by atoms with Gasteiger partial charge in [-0.05, 0) is 23.6 Å². The average molecular weight is 373 g/mol. The Hall–Kier alpha value is -2.92. The maximum atomic E-state index is 13.5. The van der Waals surface area contributed by atoms with E-state index < -0.39 is 5.25 Å². The van der Waals surface area contributed by atoms with Crippen LogP contribution < -0.4 is 0 Å². The van der Waals surface area contributed by atoms with Crippen LogP contribution in [-0.4, -0.2) is 20.7 Å². The van der Waals surface area contributed by atoms with Gasteiger partial charge in [0.15, 0.2) is 10.9 Å². The molecule has 4 rings (SSSR count). The summed E-state index contributed by atoms with van der Waals surface area (Å²) in [4.78, 5) is 25.4. The van der Waals surface area contributed by atoms with E-state index in [2.05, 4.69) is 27.9 Å². The van der Waals surface area contributed by atoms with E-state index in [1.165, 1.54) is 17.3 Å². The first-order valence-corrected chi connectivity index (χ1v) is 9.77. The highest BCUT2D eigenvalue weighted by Crippen LogP contribution is 2.37. The molecule has 0 saturated heterocycles. The molecule has 0 unspecified atom stereocenters. The number of aromatic amines is 1. The SMILES string of the molecule is CCc1cccc2c(C(=O)[C@@H](Sc3ncccn3)c3ccccc3)c[nH]c12. The number of fused-ring (bicyclic) bond motifs is 1. The molecule has 1 atom stereocenters. The van der Waals surface area contributed by atoms with Crippen molar-refractivity contribution in [3.63, 3.8) is 0 Å². The predicted molar refractivity (Wildman–Crippen MR) is 109 cm³/mol. The first kappa shape index (κ1) is 17.5. The molecule has 0 bridgehead atoms. The van der Waals surface area contributed by atoms with Crippen LogP contribution >= 0.6 is 11.8 Å². The molecule has 2 heterocycles. The molecule has 27 heavy (non-hydrogen) atoms. The maximum Gasteiger partial charge on any atom is 0.188 e. The van der Waals surface area contributed by atoms with Gasteiger partial charge in [0.25, 0.3) is 0 Å². The minimum Gasteiger partial charge on any atom is -0.360 e. The molecule has 4 aromatic rings. The van der Waals surface area contributed by atoms with E-state index in [0.29, 0.717) is 10.7 Å². The Morgan fingerprint density at radius 1 is 1.04 bits per heavy atom. The summed E-state index contributed by atoms with van der Waals surface area (Å²) in [6.07, 6.45) is 6.14. The number of carbonyl (C=O) groups excluding carboxylic acids is 1. The first-order chi connectivity index (χ1) is 13.3. The molecule has 0 aliphatic carbocycles. The van der Waals surface area contributed by atoms with E-state index in [1.54, 1.807) is 18.5 Å². The Balaban J connectivity index is 1.77. The molecular weight excluding hydrogens is 354 g/mol. The highest BCUT2D eigenvalue weighted by Gasteiger charge is 2.26. The molecule has 134 valence electrons. The lowest BCUT2D eigenvalue weighted by Gasteiger charge is -2.14. The largest absolute Gasteiger partial charge is 0.360 e. The highest BCUT2D eigenvalue weighted by atomic mass is 32.2. The molecule has 1 N–H and O–H groups in total. The smallest absolute Gasteiger partial charge is 0.188 e. The molecule has 5 heteroatoms. The molecule has 2 aromatic heterocycles. The van der Waals surface area contributed by atoms with E-state index in [1.807, 2.05) is 48.7 Å². The Kier molecular flexibility index (Phi) is 5.03. The summed E-state index contributed by atoms with van der Waals surface area (Å²) >= 11 is 1.38. The third kappa shape index (κ3) is 3.51. The van der Waals surface area contributed by atoms with E-state index in [0.717, 1.165) is 22.9 Å². The molecule has 4 nitrogen and oxygen atoms in total. The van der Waals surface area contributed by atoms with Crippen molar-refractivity contribution in [1.82, 2.24) is 15.0 Å². The first-order valence-electron chi connectivity index (χ1n) is 8.89. The molecule has 0 aliphatic heterocycles. The standard InChI is InChI=1S/C22H19N3OS/c1-2-15-10-6-11-17-18(14-25-19(15)17)20(26)21(16-8-4-3-5-9-16)27-22-23-12-7-13-24-22/h3-14,21,25H,2H2,1H3/t21-/m0/s1. The van der Waals surface area contributed by atoms with Crippen LogP contribution in [0, 0.1) is 0 Å². The van der Waals surface area contributed by atoms with Crippen molar-refractivity contribution in [2.45, 2.75) is 23.8 Å². The number of thioether (sulfide) groups is 1. The van der Waals surface area contributed by atoms with E-state index in [4.69, 9.17) is 0 Å². The third-order valence-corrected chi connectivity index (χ3v) is 5.70. The topological polar surface area (TPSA) is 58.6 Å². The Bertz CT molecular complexity index is 1060. The van der Waals surface area contributed by atoms with Crippen molar-refractivity contribution in [3.8, 4) is 0 Å². The van der Waals surface area contributed by atoms with Crippen molar-refractivity contribution >= 4 is 28.4 Å². The molecule has 0 fully saturated rings. The van der Waals surface area contributed by atoms with Gasteiger partial charge >= 0.3 is 0 Å². The minimum absolute atomic E-state index is 0.0538. The van der Waals surface area contributed by atoms with Crippen LogP contribution in [0.2, 0.25) is 0 Å². The normalized spacial score (nSPS) is 12.2.